The van der Waals surface area contributed by atoms with Crippen LogP contribution in [0.1, 0.15) is 13.8 Å². The molecule has 156 valence electrons. The summed E-state index contributed by atoms with van der Waals surface area (Å²) >= 11 is 0. The van der Waals surface area contributed by atoms with Crippen LogP contribution in [0.4, 0.5) is 0 Å². The maximum absolute atomic E-state index is 9.86. The molecule has 0 unspecified atom stereocenters. The summed E-state index contributed by atoms with van der Waals surface area (Å²) in [6.07, 6.45) is -0.979. The minimum atomic E-state index is -1.18. The van der Waals surface area contributed by atoms with Crippen LogP contribution in [0.15, 0.2) is 0 Å². The summed E-state index contributed by atoms with van der Waals surface area (Å²) in [6, 6.07) is -3.01. The first kappa shape index (κ1) is 31.4. The lowest BCUT2D eigenvalue weighted by atomic mass is 10.2. The fourth-order valence-electron chi connectivity index (χ4n) is 0.284. The molecule has 0 amide bonds. The molecule has 0 rings (SSSR count). The number of carboxylic acids is 4. The molecule has 0 aliphatic rings. The number of hydrogen-bond donors (Lipinski definition) is 10. The summed E-state index contributed by atoms with van der Waals surface area (Å²) < 4.78 is 0. The van der Waals surface area contributed by atoms with Gasteiger partial charge < -0.3 is 53.6 Å². The predicted octanol–water partition coefficient (Wildman–Crippen LogP) is -4.38. The Morgan fingerprint density at radius 3 is 1.15 bits per heavy atom. The SMILES string of the molecule is C[C@@H](O)[C@H](N)C(=O)O.C[C@H](N)C(=O)O.NCC(=O)O.N[C@@H](CO)C(=O)O. The maximum Gasteiger partial charge on any atom is 0.323 e. The van der Waals surface area contributed by atoms with Crippen molar-refractivity contribution in [3.8, 4) is 0 Å². The zero-order valence-corrected chi connectivity index (χ0v) is 14.3. The molecule has 14 heteroatoms. The lowest BCUT2D eigenvalue weighted by Gasteiger charge is -2.06. The van der Waals surface area contributed by atoms with Gasteiger partial charge in [0.05, 0.1) is 19.3 Å². The van der Waals surface area contributed by atoms with Crippen molar-refractivity contribution in [1.29, 1.82) is 0 Å². The number of carbonyl (C=O) groups is 4. The summed E-state index contributed by atoms with van der Waals surface area (Å²) in [4.78, 5) is 38.3. The Morgan fingerprint density at radius 2 is 1.15 bits per heavy atom. The number of aliphatic carboxylic acids is 4. The number of carboxylic acid groups (broad SMARTS) is 4. The smallest absolute Gasteiger partial charge is 0.323 e. The van der Waals surface area contributed by atoms with Gasteiger partial charge in [-0.05, 0) is 13.8 Å². The molecule has 26 heavy (non-hydrogen) atoms. The minimum absolute atomic E-state index is 0.278. The van der Waals surface area contributed by atoms with Crippen LogP contribution in [-0.4, -0.2) is 91.9 Å². The molecule has 0 heterocycles. The zero-order chi connectivity index (χ0) is 22.0. The van der Waals surface area contributed by atoms with Crippen molar-refractivity contribution in [3.63, 3.8) is 0 Å². The highest BCUT2D eigenvalue weighted by Gasteiger charge is 2.16. The molecule has 0 aliphatic heterocycles. The van der Waals surface area contributed by atoms with Crippen molar-refractivity contribution in [2.45, 2.75) is 38.1 Å². The second kappa shape index (κ2) is 19.0. The third kappa shape index (κ3) is 29.6. The largest absolute Gasteiger partial charge is 0.480 e. The molecule has 0 saturated carbocycles. The maximum atomic E-state index is 9.86. The highest BCUT2D eigenvalue weighted by Crippen LogP contribution is 1.85. The van der Waals surface area contributed by atoms with E-state index >= 15 is 0 Å². The van der Waals surface area contributed by atoms with Gasteiger partial charge in [0.2, 0.25) is 0 Å². The van der Waals surface area contributed by atoms with E-state index in [1.165, 1.54) is 13.8 Å². The topological polar surface area (TPSA) is 294 Å². The quantitative estimate of drug-likeness (QED) is 0.205. The van der Waals surface area contributed by atoms with Crippen molar-refractivity contribution >= 4 is 23.9 Å². The molecule has 0 radical (unpaired) electrons. The molecule has 0 aromatic carbocycles. The Morgan fingerprint density at radius 1 is 0.846 bits per heavy atom. The van der Waals surface area contributed by atoms with Crippen LogP contribution >= 0.6 is 0 Å². The Hall–Kier alpha value is -2.36. The van der Waals surface area contributed by atoms with Gasteiger partial charge in [-0.25, -0.2) is 0 Å². The monoisotopic (exact) mass is 388 g/mol. The predicted molar refractivity (Wildman–Crippen MR) is 88.0 cm³/mol. The van der Waals surface area contributed by atoms with E-state index in [0.29, 0.717) is 0 Å². The van der Waals surface area contributed by atoms with E-state index in [1.54, 1.807) is 0 Å². The standard InChI is InChI=1S/C4H9NO3.C3H7NO3.C3H7NO2.C2H5NO2/c1-2(6)3(5)4(7)8;4-2(1-5)3(6)7;1-2(4)3(5)6;3-1-2(4)5/h2-3,6H,5H2,1H3,(H,7,8);2,5H,1,4H2,(H,6,7);2H,4H2,1H3,(H,5,6);1,3H2,(H,4,5)/t2-,3+;2*2-;/m100./s1. The van der Waals surface area contributed by atoms with Crippen molar-refractivity contribution < 1.29 is 49.8 Å². The second-order valence-electron chi connectivity index (χ2n) is 4.46. The molecule has 0 saturated heterocycles. The van der Waals surface area contributed by atoms with Crippen molar-refractivity contribution in [3.05, 3.63) is 0 Å². The van der Waals surface area contributed by atoms with Crippen LogP contribution < -0.4 is 22.9 Å². The molecule has 14 nitrogen and oxygen atoms in total. The number of nitrogens with two attached hydrogens (primary N) is 4. The molecule has 0 aromatic heterocycles. The highest BCUT2D eigenvalue weighted by atomic mass is 16.4. The summed E-state index contributed by atoms with van der Waals surface area (Å²) in [7, 11) is 0. The normalized spacial score (nSPS) is 13.5. The van der Waals surface area contributed by atoms with Gasteiger partial charge in [0.15, 0.2) is 0 Å². The first-order valence-corrected chi connectivity index (χ1v) is 6.81. The molecular weight excluding hydrogens is 360 g/mol. The fraction of sp³-hybridized carbons (Fsp3) is 0.667. The Labute approximate surface area is 149 Å². The van der Waals surface area contributed by atoms with E-state index < -0.39 is 54.7 Å². The summed E-state index contributed by atoms with van der Waals surface area (Å²) in [5, 5.41) is 47.9. The second-order valence-corrected chi connectivity index (χ2v) is 4.46. The number of aliphatic hydroxyl groups is 2. The van der Waals surface area contributed by atoms with Gasteiger partial charge in [0.25, 0.3) is 0 Å². The third-order valence-electron chi connectivity index (χ3n) is 1.88. The minimum Gasteiger partial charge on any atom is -0.480 e. The fourth-order valence-corrected chi connectivity index (χ4v) is 0.284. The average molecular weight is 388 g/mol. The Balaban J connectivity index is -0.000000126. The molecule has 0 fully saturated rings. The van der Waals surface area contributed by atoms with Gasteiger partial charge in [-0.3, -0.25) is 19.2 Å². The first-order valence-electron chi connectivity index (χ1n) is 6.81. The number of hydrogen-bond acceptors (Lipinski definition) is 10. The van der Waals surface area contributed by atoms with Gasteiger partial charge in [-0.2, -0.15) is 0 Å². The number of aliphatic hydroxyl groups excluding tert-OH is 2. The van der Waals surface area contributed by atoms with E-state index in [0.717, 1.165) is 0 Å². The van der Waals surface area contributed by atoms with Crippen LogP contribution in [-0.2, 0) is 19.2 Å². The first-order chi connectivity index (χ1) is 11.6. The Kier molecular flexibility index (Phi) is 22.9. The van der Waals surface area contributed by atoms with Gasteiger partial charge in [0.1, 0.15) is 18.1 Å². The molecule has 4 atom stereocenters. The van der Waals surface area contributed by atoms with E-state index in [9.17, 15) is 19.2 Å². The van der Waals surface area contributed by atoms with Crippen molar-refractivity contribution in [2.24, 2.45) is 22.9 Å². The summed E-state index contributed by atoms with van der Waals surface area (Å²) in [5.74, 6) is -4.29. The lowest BCUT2D eigenvalue weighted by molar-refractivity contribution is -0.141. The molecule has 0 spiro atoms. The van der Waals surface area contributed by atoms with Crippen LogP contribution in [0, 0.1) is 0 Å². The molecule has 14 N–H and O–H groups in total. The molecule has 0 aromatic rings. The zero-order valence-electron chi connectivity index (χ0n) is 14.3. The lowest BCUT2D eigenvalue weighted by Crippen LogP contribution is -2.39. The third-order valence-corrected chi connectivity index (χ3v) is 1.88. The van der Waals surface area contributed by atoms with Crippen LogP contribution in [0.5, 0.6) is 0 Å². The highest BCUT2D eigenvalue weighted by molar-refractivity contribution is 5.74. The Bertz CT molecular complexity index is 417. The van der Waals surface area contributed by atoms with Crippen molar-refractivity contribution in [2.75, 3.05) is 13.2 Å². The van der Waals surface area contributed by atoms with Gasteiger partial charge in [0, 0.05) is 0 Å². The summed E-state index contributed by atoms with van der Waals surface area (Å²) in [6.45, 7) is 1.97. The van der Waals surface area contributed by atoms with Crippen LogP contribution in [0.25, 0.3) is 0 Å². The molecular formula is C12H28N4O10. The van der Waals surface area contributed by atoms with Crippen molar-refractivity contribution in [1.82, 2.24) is 0 Å². The van der Waals surface area contributed by atoms with E-state index in [1.807, 2.05) is 0 Å². The average Bonchev–Trinajstić information content (AvgIpc) is 2.54. The van der Waals surface area contributed by atoms with E-state index in [-0.39, 0.29) is 6.54 Å². The van der Waals surface area contributed by atoms with Crippen LogP contribution in [0.2, 0.25) is 0 Å². The van der Waals surface area contributed by atoms with Gasteiger partial charge in [-0.1, -0.05) is 0 Å². The molecule has 0 aliphatic carbocycles. The van der Waals surface area contributed by atoms with Crippen LogP contribution in [0.3, 0.4) is 0 Å². The van der Waals surface area contributed by atoms with E-state index in [4.69, 9.17) is 47.8 Å². The number of rotatable bonds is 6. The van der Waals surface area contributed by atoms with Gasteiger partial charge >= 0.3 is 23.9 Å². The summed E-state index contributed by atoms with van der Waals surface area (Å²) in [5.41, 5.74) is 19.1. The molecule has 0 bridgehead atoms. The van der Waals surface area contributed by atoms with E-state index in [2.05, 4.69) is 5.73 Å². The van der Waals surface area contributed by atoms with Gasteiger partial charge in [-0.15, -0.1) is 0 Å².